The van der Waals surface area contributed by atoms with Gasteiger partial charge in [-0.3, -0.25) is 24.4 Å². The number of hydrogen-bond donors (Lipinski definition) is 11. The molecule has 2 saturated heterocycles. The molecule has 11 atom stereocenters. The minimum atomic E-state index is -2.41. The Bertz CT molecular complexity index is 2480. The third-order valence-electron chi connectivity index (χ3n) is 12.2. The van der Waals surface area contributed by atoms with Gasteiger partial charge in [-0.2, -0.15) is 0 Å². The van der Waals surface area contributed by atoms with Crippen molar-refractivity contribution in [2.24, 2.45) is 0 Å². The van der Waals surface area contributed by atoms with Crippen molar-refractivity contribution in [3.05, 3.63) is 91.7 Å². The molecule has 3 aromatic carbocycles. The summed E-state index contributed by atoms with van der Waals surface area (Å²) in [4.78, 5) is 77.0. The summed E-state index contributed by atoms with van der Waals surface area (Å²) in [6.45, 7) is -1.34. The number of fused-ring (bicyclic) bond motifs is 3. The number of phenols is 2. The second-order valence-electron chi connectivity index (χ2n) is 16.5. The number of nitrogens with zero attached hydrogens (tertiary/aromatic N) is 1. The van der Waals surface area contributed by atoms with Gasteiger partial charge in [0.2, 0.25) is 6.29 Å². The Morgan fingerprint density at radius 3 is 2.36 bits per heavy atom. The van der Waals surface area contributed by atoms with Gasteiger partial charge < -0.3 is 85.4 Å². The fourth-order valence-electron chi connectivity index (χ4n) is 8.79. The Hall–Kier alpha value is -6.00. The lowest BCUT2D eigenvalue weighted by Crippen LogP contribution is -2.61. The van der Waals surface area contributed by atoms with E-state index < -0.39 is 163 Å². The number of aliphatic hydroxyl groups is 6. The molecule has 3 aromatic rings. The number of rotatable bonds is 14. The lowest BCUT2D eigenvalue weighted by Gasteiger charge is -2.41. The molecule has 0 saturated carbocycles. The molecule has 2 heterocycles. The van der Waals surface area contributed by atoms with Crippen LogP contribution in [0.3, 0.4) is 0 Å². The van der Waals surface area contributed by atoms with E-state index in [0.717, 1.165) is 0 Å². The predicted molar refractivity (Wildman–Crippen MR) is 217 cm³/mol. The van der Waals surface area contributed by atoms with Crippen molar-refractivity contribution >= 4 is 35.7 Å². The first kappa shape index (κ1) is 48.9. The van der Waals surface area contributed by atoms with E-state index in [-0.39, 0.29) is 51.1 Å². The molecule has 2 fully saturated rings. The Kier molecular flexibility index (Phi) is 14.1. The molecule has 7 rings (SSSR count). The zero-order chi connectivity index (χ0) is 48.8. The van der Waals surface area contributed by atoms with E-state index in [9.17, 15) is 85.1 Å². The van der Waals surface area contributed by atoms with Crippen molar-refractivity contribution in [1.82, 2.24) is 10.5 Å². The van der Waals surface area contributed by atoms with Crippen LogP contribution in [-0.2, 0) is 48.1 Å². The number of ketones is 3. The topological polar surface area (TPSA) is 389 Å². The number of ether oxygens (including phenoxy) is 5. The number of phenolic OH excluding ortho intramolecular Hbond substituents is 2. The second-order valence-corrected chi connectivity index (χ2v) is 16.5. The molecular formula is C43H45N2O22-. The van der Waals surface area contributed by atoms with E-state index >= 15 is 0 Å². The van der Waals surface area contributed by atoms with Crippen LogP contribution in [0.15, 0.2) is 36.4 Å². The summed E-state index contributed by atoms with van der Waals surface area (Å²) in [6, 6.07) is 6.59. The maximum atomic E-state index is 13.9. The Labute approximate surface area is 377 Å². The first-order valence-corrected chi connectivity index (χ1v) is 20.6. The molecule has 24 nitrogen and oxygen atoms in total. The number of carboxylic acids is 1. The van der Waals surface area contributed by atoms with Crippen LogP contribution < -0.4 is 10.1 Å². The number of aromatic hydroxyl groups is 2. The van der Waals surface area contributed by atoms with E-state index in [2.05, 4.69) is 5.32 Å². The number of carboxylic acid groups (broad SMARTS) is 1. The summed E-state index contributed by atoms with van der Waals surface area (Å²) in [5.74, 6) is -6.56. The maximum Gasteiger partial charge on any atom is 0.407 e. The molecule has 0 aromatic heterocycles. The molecule has 0 spiro atoms. The number of carbonyl (C=O) groups excluding carboxylic acids is 5. The van der Waals surface area contributed by atoms with Gasteiger partial charge in [0.05, 0.1) is 42.1 Å². The van der Waals surface area contributed by atoms with Crippen molar-refractivity contribution in [3.63, 3.8) is 0 Å². The number of aliphatic carboxylic acids is 1. The molecule has 67 heavy (non-hydrogen) atoms. The predicted octanol–water partition coefficient (Wildman–Crippen LogP) is -1.22. The Morgan fingerprint density at radius 1 is 0.970 bits per heavy atom. The van der Waals surface area contributed by atoms with Gasteiger partial charge in [0.1, 0.15) is 60.5 Å². The van der Waals surface area contributed by atoms with Crippen LogP contribution in [0.4, 0.5) is 4.79 Å². The van der Waals surface area contributed by atoms with Crippen LogP contribution >= 0.6 is 0 Å². The van der Waals surface area contributed by atoms with Gasteiger partial charge in [0, 0.05) is 52.8 Å². The van der Waals surface area contributed by atoms with Crippen molar-refractivity contribution < 1.29 is 104 Å². The summed E-state index contributed by atoms with van der Waals surface area (Å²) in [6.07, 6.45) is -16.8. The smallest absolute Gasteiger partial charge is 0.407 e. The molecule has 24 heteroatoms. The first-order chi connectivity index (χ1) is 31.7. The monoisotopic (exact) mass is 941 g/mol. The number of benzene rings is 3. The molecule has 360 valence electrons. The largest absolute Gasteiger partial charge is 0.762 e. The van der Waals surface area contributed by atoms with E-state index in [1.165, 1.54) is 43.3 Å². The van der Waals surface area contributed by atoms with Crippen molar-refractivity contribution in [3.8, 4) is 17.2 Å². The Morgan fingerprint density at radius 2 is 1.69 bits per heavy atom. The molecule has 11 N–H and O–H groups in total. The van der Waals surface area contributed by atoms with E-state index in [1.807, 2.05) is 0 Å². The highest BCUT2D eigenvalue weighted by Crippen LogP contribution is 2.52. The molecule has 4 aliphatic rings. The molecule has 0 bridgehead atoms. The highest BCUT2D eigenvalue weighted by Gasteiger charge is 2.50. The molecule has 2 aliphatic carbocycles. The molecule has 0 radical (unpaired) electrons. The summed E-state index contributed by atoms with van der Waals surface area (Å²) in [5.41, 5.74) is -4.86. The zero-order valence-electron chi connectivity index (χ0n) is 35.1. The van der Waals surface area contributed by atoms with Crippen LogP contribution in [0.5, 0.6) is 17.2 Å². The lowest BCUT2D eigenvalue weighted by atomic mass is 9.71. The maximum absolute atomic E-state index is 13.9. The summed E-state index contributed by atoms with van der Waals surface area (Å²) in [5, 5.41) is 118. The average molecular weight is 942 g/mol. The van der Waals surface area contributed by atoms with Crippen molar-refractivity contribution in [1.29, 1.82) is 0 Å². The van der Waals surface area contributed by atoms with Crippen LogP contribution in [0.1, 0.15) is 90.3 Å². The number of aldehydes is 1. The van der Waals surface area contributed by atoms with Gasteiger partial charge in [-0.05, 0) is 31.0 Å². The van der Waals surface area contributed by atoms with Crippen LogP contribution in [0.25, 0.3) is 0 Å². The minimum absolute atomic E-state index is 0.0839. The fraction of sp³-hybridized carbons (Fsp3) is 0.442. The standard InChI is InChI=1S/C43H45N2O22/c1-16-31(49)23(44-42(59)64-14-17-5-6-24(19(7-17)11-45(61)62)66-41-38(56)36(54)37(55)39(67-41)40(57)58)8-20(65-16)15-63-25-10-43(60,26(48)13-47)9-22-28(25)35(53)30-29(33(22)51)32(50)21-4-2-3-18(12-46)27(21)34(30)52/h2-7,12,16,20,23,25,31,36-39,41,47,49,51,53-56,60-61H,8-11,13-15H2,1H3,(H,44,59)(H,57,58)/q-1/t16?,20?,23?,25-,31?,36?,37?,38?,39?,41?,43-/m0/s1. The molecule has 1 amide bonds. The van der Waals surface area contributed by atoms with Crippen molar-refractivity contribution in [2.75, 3.05) is 13.2 Å². The third kappa shape index (κ3) is 9.34. The quantitative estimate of drug-likeness (QED) is 0.0401. The van der Waals surface area contributed by atoms with Gasteiger partial charge in [0.15, 0.2) is 29.7 Å². The zero-order valence-corrected chi connectivity index (χ0v) is 35.1. The van der Waals surface area contributed by atoms with Crippen LogP contribution in [0.2, 0.25) is 0 Å². The number of aliphatic hydroxyl groups excluding tert-OH is 5. The van der Waals surface area contributed by atoms with Gasteiger partial charge in [-0.25, -0.2) is 9.59 Å². The Balaban J connectivity index is 1.05. The van der Waals surface area contributed by atoms with Gasteiger partial charge in [-0.15, -0.1) is 0 Å². The number of carbonyl (C=O) groups is 6. The summed E-state index contributed by atoms with van der Waals surface area (Å²) < 4.78 is 28.0. The molecule has 9 unspecified atom stereocenters. The minimum Gasteiger partial charge on any atom is -0.762 e. The third-order valence-corrected chi connectivity index (χ3v) is 12.2. The number of nitrogens with one attached hydrogen (secondary N) is 1. The van der Waals surface area contributed by atoms with Crippen molar-refractivity contribution in [2.45, 2.75) is 106 Å². The van der Waals surface area contributed by atoms with Gasteiger partial charge in [0.25, 0.3) is 0 Å². The van der Waals surface area contributed by atoms with E-state index in [1.54, 1.807) is 0 Å². The number of Topliss-reactive ketones (excluding diaryl/α,β-unsaturated/α-hetero) is 1. The number of amides is 1. The van der Waals surface area contributed by atoms with Gasteiger partial charge >= 0.3 is 12.1 Å². The number of alkyl carbamates (subject to hydrolysis) is 1. The normalized spacial score (nSPS) is 29.0. The lowest BCUT2D eigenvalue weighted by molar-refractivity contribution is -0.271. The SMILES string of the molecule is CC1OC(CO[C@H]2C[C@](O)(C(=O)CO)Cc3c(O)c4c(c(O)c32)C(=O)c2c(C=O)cccc2C4=O)CC(NC(=O)OCc2ccc(OC3OC(C(=O)O)C(O)C(O)C3O)c(CN([O-])O)c2)C1O. The van der Waals surface area contributed by atoms with Crippen LogP contribution in [-0.4, -0.2) is 166 Å². The molecule has 2 aliphatic heterocycles. The summed E-state index contributed by atoms with van der Waals surface area (Å²) >= 11 is 0. The van der Waals surface area contributed by atoms with E-state index in [4.69, 9.17) is 23.7 Å². The first-order valence-electron chi connectivity index (χ1n) is 20.6. The van der Waals surface area contributed by atoms with Crippen LogP contribution in [0, 0.1) is 5.21 Å². The second kappa shape index (κ2) is 19.3. The fourth-order valence-corrected chi connectivity index (χ4v) is 8.79. The summed E-state index contributed by atoms with van der Waals surface area (Å²) in [7, 11) is 0. The highest BCUT2D eigenvalue weighted by molar-refractivity contribution is 6.32. The number of hydrogen-bond acceptors (Lipinski definition) is 22. The highest BCUT2D eigenvalue weighted by atomic mass is 16.8. The van der Waals surface area contributed by atoms with Gasteiger partial charge in [-0.1, -0.05) is 24.3 Å². The average Bonchev–Trinajstić information content (AvgIpc) is 3.29. The van der Waals surface area contributed by atoms with E-state index in [0.29, 0.717) is 6.29 Å². The number of hydroxylamine groups is 2. The molecular weight excluding hydrogens is 896 g/mol.